The van der Waals surface area contributed by atoms with Gasteiger partial charge in [0, 0.05) is 11.8 Å². The molecule has 1 aromatic carbocycles. The van der Waals surface area contributed by atoms with Gasteiger partial charge in [-0.2, -0.15) is 0 Å². The molecule has 1 aromatic rings. The van der Waals surface area contributed by atoms with Crippen molar-refractivity contribution in [3.8, 4) is 0 Å². The van der Waals surface area contributed by atoms with Gasteiger partial charge in [0.2, 0.25) is 0 Å². The van der Waals surface area contributed by atoms with Crippen LogP contribution in [0.3, 0.4) is 0 Å². The lowest BCUT2D eigenvalue weighted by atomic mass is 9.76. The van der Waals surface area contributed by atoms with Gasteiger partial charge in [-0.25, -0.2) is 0 Å². The summed E-state index contributed by atoms with van der Waals surface area (Å²) in [5, 5.41) is 1.08. The Morgan fingerprint density at radius 1 is 1.10 bits per heavy atom. The molecule has 1 rings (SSSR count). The molecule has 0 saturated carbocycles. The molecule has 1 atom stereocenters. The van der Waals surface area contributed by atoms with Crippen molar-refractivity contribution in [2.75, 3.05) is 5.33 Å². The summed E-state index contributed by atoms with van der Waals surface area (Å²) >= 11 is 3.48. The molecule has 0 aliphatic carbocycles. The SMILES string of the molecule is CC(=O)CC(C)(CCCCCBr)CCc1ccccc1. The summed E-state index contributed by atoms with van der Waals surface area (Å²) in [7, 11) is 0. The summed E-state index contributed by atoms with van der Waals surface area (Å²) < 4.78 is 0. The van der Waals surface area contributed by atoms with Crippen molar-refractivity contribution in [3.05, 3.63) is 35.9 Å². The Morgan fingerprint density at radius 3 is 2.40 bits per heavy atom. The number of carbonyl (C=O) groups is 1. The Morgan fingerprint density at radius 2 is 1.80 bits per heavy atom. The Bertz CT molecular complexity index is 388. The molecule has 0 N–H and O–H groups in total. The van der Waals surface area contributed by atoms with Crippen LogP contribution in [0.1, 0.15) is 57.9 Å². The molecule has 2 heteroatoms. The Hall–Kier alpha value is -0.630. The lowest BCUT2D eigenvalue weighted by Gasteiger charge is -2.29. The highest BCUT2D eigenvalue weighted by atomic mass is 79.9. The number of benzene rings is 1. The van der Waals surface area contributed by atoms with E-state index in [2.05, 4.69) is 53.2 Å². The summed E-state index contributed by atoms with van der Waals surface area (Å²) in [6.07, 6.45) is 7.76. The van der Waals surface area contributed by atoms with Crippen LogP contribution in [-0.4, -0.2) is 11.1 Å². The summed E-state index contributed by atoms with van der Waals surface area (Å²) in [6.45, 7) is 4.00. The van der Waals surface area contributed by atoms with E-state index in [9.17, 15) is 4.79 Å². The molecule has 0 fully saturated rings. The van der Waals surface area contributed by atoms with Crippen molar-refractivity contribution in [2.45, 2.75) is 58.8 Å². The van der Waals surface area contributed by atoms with Crippen LogP contribution in [0, 0.1) is 5.41 Å². The third-order valence-corrected chi connectivity index (χ3v) is 4.51. The maximum Gasteiger partial charge on any atom is 0.130 e. The summed E-state index contributed by atoms with van der Waals surface area (Å²) in [5.41, 5.74) is 1.54. The first-order valence-corrected chi connectivity index (χ1v) is 8.77. The molecule has 0 aliphatic heterocycles. The van der Waals surface area contributed by atoms with Crippen LogP contribution >= 0.6 is 15.9 Å². The van der Waals surface area contributed by atoms with E-state index in [1.54, 1.807) is 6.92 Å². The lowest BCUT2D eigenvalue weighted by Crippen LogP contribution is -2.21. The van der Waals surface area contributed by atoms with Gasteiger partial charge in [-0.15, -0.1) is 0 Å². The normalized spacial score (nSPS) is 13.9. The van der Waals surface area contributed by atoms with Gasteiger partial charge >= 0.3 is 0 Å². The maximum absolute atomic E-state index is 11.6. The minimum Gasteiger partial charge on any atom is -0.300 e. The van der Waals surface area contributed by atoms with Crippen LogP contribution in [0.25, 0.3) is 0 Å². The number of hydrogen-bond acceptors (Lipinski definition) is 1. The van der Waals surface area contributed by atoms with Gasteiger partial charge in [0.1, 0.15) is 5.78 Å². The number of hydrogen-bond donors (Lipinski definition) is 0. The topological polar surface area (TPSA) is 17.1 Å². The van der Waals surface area contributed by atoms with Crippen LogP contribution < -0.4 is 0 Å². The van der Waals surface area contributed by atoms with Crippen LogP contribution in [0.5, 0.6) is 0 Å². The van der Waals surface area contributed by atoms with Crippen molar-refractivity contribution < 1.29 is 4.79 Å². The van der Waals surface area contributed by atoms with Gasteiger partial charge in [0.15, 0.2) is 0 Å². The highest BCUT2D eigenvalue weighted by molar-refractivity contribution is 9.09. The highest BCUT2D eigenvalue weighted by Crippen LogP contribution is 2.34. The number of carbonyl (C=O) groups excluding carboxylic acids is 1. The van der Waals surface area contributed by atoms with Crippen molar-refractivity contribution in [1.82, 2.24) is 0 Å². The van der Waals surface area contributed by atoms with Crippen LogP contribution in [0.2, 0.25) is 0 Å². The number of halogens is 1. The van der Waals surface area contributed by atoms with Crippen molar-refractivity contribution in [3.63, 3.8) is 0 Å². The lowest BCUT2D eigenvalue weighted by molar-refractivity contribution is -0.119. The molecule has 0 aliphatic rings. The fourth-order valence-corrected chi connectivity index (χ4v) is 3.21. The molecule has 0 heterocycles. The first kappa shape index (κ1) is 17.4. The Balaban J connectivity index is 2.51. The van der Waals surface area contributed by atoms with E-state index in [-0.39, 0.29) is 5.41 Å². The van der Waals surface area contributed by atoms with Crippen LogP contribution in [-0.2, 0) is 11.2 Å². The van der Waals surface area contributed by atoms with Crippen molar-refractivity contribution in [1.29, 1.82) is 0 Å². The number of ketones is 1. The molecule has 20 heavy (non-hydrogen) atoms. The van der Waals surface area contributed by atoms with Gasteiger partial charge in [-0.3, -0.25) is 0 Å². The largest absolute Gasteiger partial charge is 0.300 e. The monoisotopic (exact) mass is 338 g/mol. The number of Topliss-reactive ketones (excluding diaryl/α,β-unsaturated/α-hetero) is 1. The minimum atomic E-state index is 0.161. The van der Waals surface area contributed by atoms with Gasteiger partial charge < -0.3 is 4.79 Å². The summed E-state index contributed by atoms with van der Waals surface area (Å²) in [4.78, 5) is 11.6. The molecular formula is C18H27BrO. The average Bonchev–Trinajstić information content (AvgIpc) is 2.42. The molecule has 0 bridgehead atoms. The third-order valence-electron chi connectivity index (χ3n) is 3.95. The summed E-state index contributed by atoms with van der Waals surface area (Å²) in [6, 6.07) is 10.6. The van der Waals surface area contributed by atoms with E-state index >= 15 is 0 Å². The minimum absolute atomic E-state index is 0.161. The Labute approximate surface area is 132 Å². The fourth-order valence-electron chi connectivity index (χ4n) is 2.82. The predicted molar refractivity (Wildman–Crippen MR) is 90.4 cm³/mol. The zero-order valence-electron chi connectivity index (χ0n) is 12.8. The fraction of sp³-hybridized carbons (Fsp3) is 0.611. The van der Waals surface area contributed by atoms with Crippen molar-refractivity contribution in [2.24, 2.45) is 5.41 Å². The molecule has 0 amide bonds. The average molecular weight is 339 g/mol. The second-order valence-corrected chi connectivity index (χ2v) is 6.97. The highest BCUT2D eigenvalue weighted by Gasteiger charge is 2.25. The molecular weight excluding hydrogens is 312 g/mol. The zero-order chi connectivity index (χ0) is 14.8. The van der Waals surface area contributed by atoms with Gasteiger partial charge in [0.05, 0.1) is 0 Å². The van der Waals surface area contributed by atoms with E-state index in [1.165, 1.54) is 24.8 Å². The smallest absolute Gasteiger partial charge is 0.130 e. The molecule has 1 unspecified atom stereocenters. The molecule has 0 spiro atoms. The summed E-state index contributed by atoms with van der Waals surface area (Å²) in [5.74, 6) is 0.320. The zero-order valence-corrected chi connectivity index (χ0v) is 14.4. The van der Waals surface area contributed by atoms with Gasteiger partial charge in [-0.05, 0) is 43.6 Å². The van der Waals surface area contributed by atoms with E-state index < -0.39 is 0 Å². The first-order valence-electron chi connectivity index (χ1n) is 7.65. The van der Waals surface area contributed by atoms with Crippen molar-refractivity contribution >= 4 is 21.7 Å². The molecule has 0 saturated heterocycles. The number of alkyl halides is 1. The standard InChI is InChI=1S/C18H27BrO/c1-16(20)15-18(2,12-7-4-8-14-19)13-11-17-9-5-3-6-10-17/h3,5-6,9-10H,4,7-8,11-15H2,1-2H3. The van der Waals surface area contributed by atoms with E-state index in [4.69, 9.17) is 0 Å². The number of unbranched alkanes of at least 4 members (excludes halogenated alkanes) is 2. The molecule has 112 valence electrons. The van der Waals surface area contributed by atoms with E-state index in [1.807, 2.05) is 0 Å². The maximum atomic E-state index is 11.6. The van der Waals surface area contributed by atoms with Gasteiger partial charge in [0.25, 0.3) is 0 Å². The molecule has 0 aromatic heterocycles. The van der Waals surface area contributed by atoms with E-state index in [0.717, 1.165) is 24.6 Å². The van der Waals surface area contributed by atoms with E-state index in [0.29, 0.717) is 12.2 Å². The first-order chi connectivity index (χ1) is 9.56. The number of aryl methyl sites for hydroxylation is 1. The third kappa shape index (κ3) is 7.23. The van der Waals surface area contributed by atoms with Crippen LogP contribution in [0.15, 0.2) is 30.3 Å². The Kier molecular flexibility index (Phi) is 8.13. The van der Waals surface area contributed by atoms with Crippen LogP contribution in [0.4, 0.5) is 0 Å². The van der Waals surface area contributed by atoms with Gasteiger partial charge in [-0.1, -0.05) is 66.0 Å². The predicted octanol–water partition coefficient (Wildman–Crippen LogP) is 5.56. The number of rotatable bonds is 10. The quantitative estimate of drug-likeness (QED) is 0.403. The molecule has 0 radical (unpaired) electrons. The molecule has 1 nitrogen and oxygen atoms in total. The second-order valence-electron chi connectivity index (χ2n) is 6.17. The second kappa shape index (κ2) is 9.33.